The van der Waals surface area contributed by atoms with Crippen LogP contribution in [0.4, 0.5) is 11.4 Å². The minimum atomic E-state index is -0.487. The van der Waals surface area contributed by atoms with Gasteiger partial charge in [0.2, 0.25) is 11.8 Å². The Balaban J connectivity index is 1.43. The van der Waals surface area contributed by atoms with Crippen molar-refractivity contribution in [2.75, 3.05) is 5.32 Å². The third-order valence-corrected chi connectivity index (χ3v) is 5.56. The minimum absolute atomic E-state index is 0.0899. The van der Waals surface area contributed by atoms with E-state index < -0.39 is 5.25 Å². The average Bonchev–Trinajstić information content (AvgIpc) is 3.02. The van der Waals surface area contributed by atoms with Gasteiger partial charge in [0.05, 0.1) is 5.69 Å². The van der Waals surface area contributed by atoms with Gasteiger partial charge in [-0.1, -0.05) is 65.9 Å². The highest BCUT2D eigenvalue weighted by molar-refractivity contribution is 8.15. The Bertz CT molecular complexity index is 1070. The maximum absolute atomic E-state index is 12.5. The van der Waals surface area contributed by atoms with E-state index in [0.717, 1.165) is 27.7 Å². The normalized spacial score (nSPS) is 17.7. The third-order valence-electron chi connectivity index (χ3n) is 4.48. The number of hydrogen-bond acceptors (Lipinski definition) is 4. The van der Waals surface area contributed by atoms with Crippen molar-refractivity contribution in [2.45, 2.75) is 18.6 Å². The van der Waals surface area contributed by atoms with Gasteiger partial charge in [-0.25, -0.2) is 4.99 Å². The number of aliphatic imine (C=N–C) groups is 1. The first-order valence-corrected chi connectivity index (χ1v) is 9.87. The molecule has 2 amide bonds. The Kier molecular flexibility index (Phi) is 5.12. The summed E-state index contributed by atoms with van der Waals surface area (Å²) in [7, 11) is 0. The largest absolute Gasteiger partial charge is 0.325 e. The standard InChI is InChI=1S/C22H19N3O2S/c1-14-9-11-16(12-10-14)23-22-25-21(27)19(28-22)13-20(26)24-18-8-4-6-15-5-2-3-7-17(15)18/h2-12,19H,13H2,1H3,(H,24,26)(H,23,25,27)/t19-/m0/s1. The molecule has 0 aliphatic carbocycles. The second kappa shape index (κ2) is 7.86. The molecule has 5 nitrogen and oxygen atoms in total. The molecule has 0 bridgehead atoms. The summed E-state index contributed by atoms with van der Waals surface area (Å²) in [4.78, 5) is 29.2. The number of nitrogens with one attached hydrogen (secondary N) is 2. The molecular formula is C22H19N3O2S. The van der Waals surface area contributed by atoms with E-state index in [1.807, 2.05) is 73.7 Å². The van der Waals surface area contributed by atoms with Crippen LogP contribution in [0, 0.1) is 6.92 Å². The van der Waals surface area contributed by atoms with Gasteiger partial charge in [0.15, 0.2) is 5.17 Å². The number of nitrogens with zero attached hydrogens (tertiary/aromatic N) is 1. The van der Waals surface area contributed by atoms with Gasteiger partial charge in [-0.3, -0.25) is 9.59 Å². The lowest BCUT2D eigenvalue weighted by Gasteiger charge is -2.10. The lowest BCUT2D eigenvalue weighted by Crippen LogP contribution is -2.28. The van der Waals surface area contributed by atoms with Crippen LogP contribution in [-0.4, -0.2) is 22.2 Å². The Morgan fingerprint density at radius 2 is 1.82 bits per heavy atom. The summed E-state index contributed by atoms with van der Waals surface area (Å²) < 4.78 is 0. The molecule has 1 aliphatic rings. The summed E-state index contributed by atoms with van der Waals surface area (Å²) in [6, 6.07) is 21.4. The molecule has 1 saturated heterocycles. The van der Waals surface area contributed by atoms with Crippen molar-refractivity contribution in [2.24, 2.45) is 4.99 Å². The third kappa shape index (κ3) is 4.07. The molecule has 140 valence electrons. The number of aryl methyl sites for hydroxylation is 1. The molecule has 28 heavy (non-hydrogen) atoms. The van der Waals surface area contributed by atoms with Gasteiger partial charge in [-0.05, 0) is 30.5 Å². The first-order valence-electron chi connectivity index (χ1n) is 8.99. The number of hydrogen-bond donors (Lipinski definition) is 2. The molecule has 3 aromatic rings. The molecule has 2 N–H and O–H groups in total. The molecule has 1 fully saturated rings. The van der Waals surface area contributed by atoms with Gasteiger partial charge in [0.25, 0.3) is 0 Å². The number of amidine groups is 1. The molecule has 1 heterocycles. The Labute approximate surface area is 167 Å². The van der Waals surface area contributed by atoms with Gasteiger partial charge in [0, 0.05) is 17.5 Å². The van der Waals surface area contributed by atoms with Gasteiger partial charge in [-0.2, -0.15) is 0 Å². The molecule has 6 heteroatoms. The van der Waals surface area contributed by atoms with E-state index in [2.05, 4.69) is 15.6 Å². The molecule has 0 spiro atoms. The van der Waals surface area contributed by atoms with Gasteiger partial charge in [-0.15, -0.1) is 0 Å². The molecule has 4 rings (SSSR count). The lowest BCUT2D eigenvalue weighted by atomic mass is 10.1. The molecular weight excluding hydrogens is 370 g/mol. The molecule has 0 aromatic heterocycles. The SMILES string of the molecule is Cc1ccc(N=C2NC(=O)[C@H](CC(=O)Nc3cccc4ccccc34)S2)cc1. The van der Waals surface area contributed by atoms with E-state index in [9.17, 15) is 9.59 Å². The van der Waals surface area contributed by atoms with Crippen LogP contribution < -0.4 is 10.6 Å². The van der Waals surface area contributed by atoms with E-state index in [4.69, 9.17) is 0 Å². The molecule has 3 aromatic carbocycles. The van der Waals surface area contributed by atoms with Crippen LogP contribution in [-0.2, 0) is 9.59 Å². The van der Waals surface area contributed by atoms with E-state index >= 15 is 0 Å². The topological polar surface area (TPSA) is 70.6 Å². The first-order chi connectivity index (χ1) is 13.6. The summed E-state index contributed by atoms with van der Waals surface area (Å²) >= 11 is 1.29. The van der Waals surface area contributed by atoms with E-state index in [-0.39, 0.29) is 18.2 Å². The van der Waals surface area contributed by atoms with Crippen molar-refractivity contribution in [3.05, 3.63) is 72.3 Å². The van der Waals surface area contributed by atoms with E-state index in [1.165, 1.54) is 11.8 Å². The van der Waals surface area contributed by atoms with Crippen LogP contribution in [0.2, 0.25) is 0 Å². The number of anilines is 1. The van der Waals surface area contributed by atoms with E-state index in [1.54, 1.807) is 0 Å². The first kappa shape index (κ1) is 18.3. The number of benzene rings is 3. The number of rotatable bonds is 4. The van der Waals surface area contributed by atoms with Gasteiger partial charge < -0.3 is 10.6 Å². The lowest BCUT2D eigenvalue weighted by molar-refractivity contribution is -0.122. The summed E-state index contributed by atoms with van der Waals surface area (Å²) in [5, 5.41) is 7.76. The number of fused-ring (bicyclic) bond motifs is 1. The van der Waals surface area contributed by atoms with Crippen molar-refractivity contribution < 1.29 is 9.59 Å². The average molecular weight is 389 g/mol. The predicted octanol–water partition coefficient (Wildman–Crippen LogP) is 4.40. The highest BCUT2D eigenvalue weighted by atomic mass is 32.2. The van der Waals surface area contributed by atoms with Crippen molar-refractivity contribution in [3.63, 3.8) is 0 Å². The second-order valence-electron chi connectivity index (χ2n) is 6.63. The molecule has 0 radical (unpaired) electrons. The summed E-state index contributed by atoms with van der Waals surface area (Å²) in [6.07, 6.45) is 0.0899. The van der Waals surface area contributed by atoms with Crippen LogP contribution in [0.15, 0.2) is 71.7 Å². The van der Waals surface area contributed by atoms with Crippen molar-refractivity contribution >= 4 is 50.9 Å². The Hall–Kier alpha value is -3.12. The summed E-state index contributed by atoms with van der Waals surface area (Å²) in [6.45, 7) is 2.01. The Morgan fingerprint density at radius 3 is 2.64 bits per heavy atom. The quantitative estimate of drug-likeness (QED) is 0.695. The van der Waals surface area contributed by atoms with Crippen LogP contribution in [0.5, 0.6) is 0 Å². The number of carbonyl (C=O) groups excluding carboxylic acids is 2. The van der Waals surface area contributed by atoms with Crippen molar-refractivity contribution in [1.29, 1.82) is 0 Å². The predicted molar refractivity (Wildman–Crippen MR) is 115 cm³/mol. The highest BCUT2D eigenvalue weighted by Gasteiger charge is 2.32. The minimum Gasteiger partial charge on any atom is -0.325 e. The zero-order valence-corrected chi connectivity index (χ0v) is 16.1. The van der Waals surface area contributed by atoms with Crippen molar-refractivity contribution in [1.82, 2.24) is 5.32 Å². The number of thioether (sulfide) groups is 1. The second-order valence-corrected chi connectivity index (χ2v) is 7.82. The number of amides is 2. The highest BCUT2D eigenvalue weighted by Crippen LogP contribution is 2.27. The summed E-state index contributed by atoms with van der Waals surface area (Å²) in [5.74, 6) is -0.385. The van der Waals surface area contributed by atoms with Gasteiger partial charge >= 0.3 is 0 Å². The molecule has 1 aliphatic heterocycles. The molecule has 0 saturated carbocycles. The van der Waals surface area contributed by atoms with Crippen molar-refractivity contribution in [3.8, 4) is 0 Å². The monoisotopic (exact) mass is 389 g/mol. The van der Waals surface area contributed by atoms with Crippen LogP contribution in [0.3, 0.4) is 0 Å². The maximum atomic E-state index is 12.5. The van der Waals surface area contributed by atoms with E-state index in [0.29, 0.717) is 5.17 Å². The smallest absolute Gasteiger partial charge is 0.240 e. The van der Waals surface area contributed by atoms with Gasteiger partial charge in [0.1, 0.15) is 5.25 Å². The van der Waals surface area contributed by atoms with Crippen LogP contribution in [0.1, 0.15) is 12.0 Å². The fourth-order valence-electron chi connectivity index (χ4n) is 3.03. The van der Waals surface area contributed by atoms with Crippen LogP contribution in [0.25, 0.3) is 10.8 Å². The Morgan fingerprint density at radius 1 is 1.07 bits per heavy atom. The molecule has 1 atom stereocenters. The maximum Gasteiger partial charge on any atom is 0.240 e. The fourth-order valence-corrected chi connectivity index (χ4v) is 4.02. The van der Waals surface area contributed by atoms with Crippen LogP contribution >= 0.6 is 11.8 Å². The fraction of sp³-hybridized carbons (Fsp3) is 0.136. The zero-order chi connectivity index (χ0) is 19.5. The number of carbonyl (C=O) groups is 2. The molecule has 0 unspecified atom stereocenters. The summed E-state index contributed by atoms with van der Waals surface area (Å²) in [5.41, 5.74) is 2.67. The zero-order valence-electron chi connectivity index (χ0n) is 15.3.